The molecule has 0 saturated carbocycles. The van der Waals surface area contributed by atoms with Crippen molar-refractivity contribution >= 4 is 10.0 Å². The van der Waals surface area contributed by atoms with Crippen molar-refractivity contribution in [3.8, 4) is 0 Å². The molecule has 1 aliphatic heterocycles. The summed E-state index contributed by atoms with van der Waals surface area (Å²) in [5, 5.41) is 0. The molecule has 5 heteroatoms. The van der Waals surface area contributed by atoms with E-state index in [-0.39, 0.29) is 0 Å². The lowest BCUT2D eigenvalue weighted by atomic mass is 10.1. The van der Waals surface area contributed by atoms with Gasteiger partial charge in [-0.15, -0.1) is 0 Å². The SMILES string of the molecule is CCCCc1ccc(S(=O)(=O)N2CCN(CCC)CC2)cc1. The van der Waals surface area contributed by atoms with Crippen LogP contribution < -0.4 is 0 Å². The number of rotatable bonds is 7. The first-order chi connectivity index (χ1) is 10.6. The number of aryl methyl sites for hydroxylation is 1. The minimum absolute atomic E-state index is 0.427. The lowest BCUT2D eigenvalue weighted by molar-refractivity contribution is 0.188. The van der Waals surface area contributed by atoms with Crippen LogP contribution in [0.3, 0.4) is 0 Å². The summed E-state index contributed by atoms with van der Waals surface area (Å²) < 4.78 is 27.0. The average Bonchev–Trinajstić information content (AvgIpc) is 2.54. The second kappa shape index (κ2) is 8.09. The fourth-order valence-corrected chi connectivity index (χ4v) is 4.29. The van der Waals surface area contributed by atoms with Crippen LogP contribution in [-0.2, 0) is 16.4 Å². The summed E-state index contributed by atoms with van der Waals surface area (Å²) in [5.41, 5.74) is 1.22. The lowest BCUT2D eigenvalue weighted by Crippen LogP contribution is -2.48. The molecule has 1 heterocycles. The summed E-state index contributed by atoms with van der Waals surface area (Å²) in [5.74, 6) is 0. The van der Waals surface area contributed by atoms with Gasteiger partial charge in [0.1, 0.15) is 0 Å². The smallest absolute Gasteiger partial charge is 0.243 e. The van der Waals surface area contributed by atoms with E-state index in [2.05, 4.69) is 18.7 Å². The van der Waals surface area contributed by atoms with Crippen molar-refractivity contribution in [2.75, 3.05) is 32.7 Å². The zero-order chi connectivity index (χ0) is 16.0. The molecule has 2 rings (SSSR count). The van der Waals surface area contributed by atoms with Gasteiger partial charge in [-0.3, -0.25) is 0 Å². The van der Waals surface area contributed by atoms with E-state index < -0.39 is 10.0 Å². The third-order valence-corrected chi connectivity index (χ3v) is 6.16. The summed E-state index contributed by atoms with van der Waals surface area (Å²) in [6.07, 6.45) is 4.44. The Balaban J connectivity index is 2.01. The molecule has 1 saturated heterocycles. The van der Waals surface area contributed by atoms with Crippen LogP contribution in [0.4, 0.5) is 0 Å². The molecule has 0 N–H and O–H groups in total. The van der Waals surface area contributed by atoms with Crippen molar-refractivity contribution in [3.63, 3.8) is 0 Å². The van der Waals surface area contributed by atoms with E-state index in [4.69, 9.17) is 0 Å². The van der Waals surface area contributed by atoms with Crippen LogP contribution in [0.1, 0.15) is 38.7 Å². The minimum atomic E-state index is -3.33. The average molecular weight is 324 g/mol. The summed E-state index contributed by atoms with van der Waals surface area (Å²) in [4.78, 5) is 2.76. The van der Waals surface area contributed by atoms with Gasteiger partial charge in [-0.05, 0) is 43.5 Å². The second-order valence-corrected chi connectivity index (χ2v) is 7.93. The van der Waals surface area contributed by atoms with Crippen molar-refractivity contribution in [1.29, 1.82) is 0 Å². The molecular weight excluding hydrogens is 296 g/mol. The van der Waals surface area contributed by atoms with Gasteiger partial charge in [0, 0.05) is 26.2 Å². The van der Waals surface area contributed by atoms with Gasteiger partial charge < -0.3 is 4.90 Å². The topological polar surface area (TPSA) is 40.6 Å². The van der Waals surface area contributed by atoms with E-state index in [1.54, 1.807) is 16.4 Å². The summed E-state index contributed by atoms with van der Waals surface area (Å²) in [6, 6.07) is 7.43. The van der Waals surface area contributed by atoms with Crippen LogP contribution in [0.15, 0.2) is 29.2 Å². The van der Waals surface area contributed by atoms with Crippen LogP contribution in [0.2, 0.25) is 0 Å². The zero-order valence-corrected chi connectivity index (χ0v) is 14.6. The summed E-state index contributed by atoms with van der Waals surface area (Å²) in [6.45, 7) is 8.24. The van der Waals surface area contributed by atoms with Crippen LogP contribution in [0.25, 0.3) is 0 Å². The molecule has 0 spiro atoms. The van der Waals surface area contributed by atoms with Gasteiger partial charge in [0.2, 0.25) is 10.0 Å². The third kappa shape index (κ3) is 4.31. The number of hydrogen-bond donors (Lipinski definition) is 0. The molecule has 1 aromatic rings. The molecule has 1 aliphatic rings. The van der Waals surface area contributed by atoms with Gasteiger partial charge in [0.05, 0.1) is 4.90 Å². The number of benzene rings is 1. The van der Waals surface area contributed by atoms with Gasteiger partial charge >= 0.3 is 0 Å². The van der Waals surface area contributed by atoms with Crippen molar-refractivity contribution in [2.45, 2.75) is 44.4 Å². The first-order valence-electron chi connectivity index (χ1n) is 8.39. The van der Waals surface area contributed by atoms with Crippen LogP contribution in [-0.4, -0.2) is 50.3 Å². The highest BCUT2D eigenvalue weighted by Gasteiger charge is 2.27. The van der Waals surface area contributed by atoms with Crippen LogP contribution in [0.5, 0.6) is 0 Å². The molecule has 0 radical (unpaired) electrons. The van der Waals surface area contributed by atoms with Gasteiger partial charge in [-0.25, -0.2) is 8.42 Å². The number of nitrogens with zero attached hydrogens (tertiary/aromatic N) is 2. The molecule has 4 nitrogen and oxygen atoms in total. The molecule has 22 heavy (non-hydrogen) atoms. The van der Waals surface area contributed by atoms with E-state index in [0.29, 0.717) is 18.0 Å². The van der Waals surface area contributed by atoms with E-state index in [1.165, 1.54) is 5.56 Å². The van der Waals surface area contributed by atoms with Gasteiger partial charge in [-0.1, -0.05) is 32.4 Å². The summed E-state index contributed by atoms with van der Waals surface area (Å²) >= 11 is 0. The number of sulfonamides is 1. The lowest BCUT2D eigenvalue weighted by Gasteiger charge is -2.33. The fourth-order valence-electron chi connectivity index (χ4n) is 2.87. The van der Waals surface area contributed by atoms with Gasteiger partial charge in [0.25, 0.3) is 0 Å². The Morgan fingerprint density at radius 1 is 0.955 bits per heavy atom. The fraction of sp³-hybridized carbons (Fsp3) is 0.647. The van der Waals surface area contributed by atoms with Crippen molar-refractivity contribution < 1.29 is 8.42 Å². The molecular formula is C17H28N2O2S. The number of unbranched alkanes of at least 4 members (excludes halogenated alkanes) is 1. The Morgan fingerprint density at radius 2 is 1.59 bits per heavy atom. The van der Waals surface area contributed by atoms with Crippen molar-refractivity contribution in [1.82, 2.24) is 9.21 Å². The largest absolute Gasteiger partial charge is 0.301 e. The maximum atomic E-state index is 12.7. The quantitative estimate of drug-likeness (QED) is 0.774. The molecule has 1 aromatic carbocycles. The Labute approximate surface area is 135 Å². The van der Waals surface area contributed by atoms with E-state index in [9.17, 15) is 8.42 Å². The monoisotopic (exact) mass is 324 g/mol. The Kier molecular flexibility index (Phi) is 6.41. The van der Waals surface area contributed by atoms with Gasteiger partial charge in [-0.2, -0.15) is 4.31 Å². The Bertz CT molecular complexity index is 547. The maximum Gasteiger partial charge on any atom is 0.243 e. The molecule has 1 fully saturated rings. The zero-order valence-electron chi connectivity index (χ0n) is 13.8. The van der Waals surface area contributed by atoms with Crippen molar-refractivity contribution in [2.24, 2.45) is 0 Å². The van der Waals surface area contributed by atoms with Gasteiger partial charge in [0.15, 0.2) is 0 Å². The minimum Gasteiger partial charge on any atom is -0.301 e. The maximum absolute atomic E-state index is 12.7. The predicted molar refractivity (Wildman–Crippen MR) is 90.5 cm³/mol. The molecule has 124 valence electrons. The Hall–Kier alpha value is -0.910. The molecule has 0 amide bonds. The highest BCUT2D eigenvalue weighted by atomic mass is 32.2. The number of hydrogen-bond acceptors (Lipinski definition) is 3. The molecule has 0 unspecified atom stereocenters. The van der Waals surface area contributed by atoms with E-state index in [1.807, 2.05) is 12.1 Å². The normalized spacial score (nSPS) is 17.7. The summed E-state index contributed by atoms with van der Waals surface area (Å²) in [7, 11) is -3.33. The Morgan fingerprint density at radius 3 is 2.14 bits per heavy atom. The highest BCUT2D eigenvalue weighted by Crippen LogP contribution is 2.19. The molecule has 0 aliphatic carbocycles. The standard InChI is InChI=1S/C17H28N2O2S/c1-3-5-6-16-7-9-17(10-8-16)22(20,21)19-14-12-18(11-4-2)13-15-19/h7-10H,3-6,11-15H2,1-2H3. The van der Waals surface area contributed by atoms with E-state index in [0.717, 1.165) is 45.3 Å². The van der Waals surface area contributed by atoms with Crippen LogP contribution in [0, 0.1) is 0 Å². The first-order valence-corrected chi connectivity index (χ1v) is 9.83. The molecule has 0 atom stereocenters. The first kappa shape index (κ1) is 17.4. The van der Waals surface area contributed by atoms with Crippen molar-refractivity contribution in [3.05, 3.63) is 29.8 Å². The molecule has 0 bridgehead atoms. The second-order valence-electron chi connectivity index (χ2n) is 5.99. The third-order valence-electron chi connectivity index (χ3n) is 4.25. The van der Waals surface area contributed by atoms with Crippen LogP contribution >= 0.6 is 0 Å². The van der Waals surface area contributed by atoms with E-state index >= 15 is 0 Å². The number of piperazine rings is 1. The predicted octanol–water partition coefficient (Wildman–Crippen LogP) is 2.75. The highest BCUT2D eigenvalue weighted by molar-refractivity contribution is 7.89. The molecule has 0 aromatic heterocycles.